The minimum absolute atomic E-state index is 0.119. The van der Waals surface area contributed by atoms with Crippen molar-refractivity contribution < 1.29 is 9.90 Å². The molecule has 0 unspecified atom stereocenters. The first-order chi connectivity index (χ1) is 9.20. The minimum Gasteiger partial charge on any atom is -0.384 e. The van der Waals surface area contributed by atoms with Crippen LogP contribution in [0.15, 0.2) is 18.2 Å². The van der Waals surface area contributed by atoms with Gasteiger partial charge in [0.1, 0.15) is 6.61 Å². The fourth-order valence-electron chi connectivity index (χ4n) is 1.98. The average Bonchev–Trinajstić information content (AvgIpc) is 2.93. The number of aliphatic hydroxyl groups is 1. The molecule has 0 saturated carbocycles. The number of rotatable bonds is 1. The van der Waals surface area contributed by atoms with Crippen molar-refractivity contribution in [2.75, 3.05) is 25.0 Å². The van der Waals surface area contributed by atoms with E-state index in [4.69, 9.17) is 16.7 Å². The van der Waals surface area contributed by atoms with Gasteiger partial charge < -0.3 is 15.3 Å². The summed E-state index contributed by atoms with van der Waals surface area (Å²) in [5.74, 6) is 5.34. The third kappa shape index (κ3) is 3.63. The molecule has 2 N–H and O–H groups in total. The number of urea groups is 1. The van der Waals surface area contributed by atoms with Gasteiger partial charge in [-0.1, -0.05) is 23.4 Å². The number of aliphatic hydroxyl groups excluding tert-OH is 1. The smallest absolute Gasteiger partial charge is 0.321 e. The SMILES string of the molecule is O=C(Nc1ccc(Cl)cc1C#CCO)N1CCCC1. The highest BCUT2D eigenvalue weighted by molar-refractivity contribution is 6.30. The molecule has 0 aromatic heterocycles. The van der Waals surface area contributed by atoms with Gasteiger partial charge in [-0.05, 0) is 31.0 Å². The molecule has 100 valence electrons. The standard InChI is InChI=1S/C14H15ClN2O2/c15-12-5-6-13(11(10-12)4-3-9-18)16-14(19)17-7-1-2-8-17/h5-6,10,18H,1-2,7-9H2,(H,16,19). The lowest BCUT2D eigenvalue weighted by Gasteiger charge is -2.17. The van der Waals surface area contributed by atoms with Gasteiger partial charge in [-0.15, -0.1) is 0 Å². The summed E-state index contributed by atoms with van der Waals surface area (Å²) in [5, 5.41) is 12.1. The third-order valence-corrected chi connectivity index (χ3v) is 3.15. The van der Waals surface area contributed by atoms with E-state index in [1.807, 2.05) is 0 Å². The van der Waals surface area contributed by atoms with Crippen LogP contribution in [0, 0.1) is 11.8 Å². The van der Waals surface area contributed by atoms with Crippen LogP contribution >= 0.6 is 11.6 Å². The van der Waals surface area contributed by atoms with Gasteiger partial charge in [0.25, 0.3) is 0 Å². The molecular weight excluding hydrogens is 264 g/mol. The maximum Gasteiger partial charge on any atom is 0.321 e. The predicted molar refractivity (Wildman–Crippen MR) is 75.2 cm³/mol. The van der Waals surface area contributed by atoms with Gasteiger partial charge in [-0.2, -0.15) is 0 Å². The van der Waals surface area contributed by atoms with Crippen molar-refractivity contribution in [3.63, 3.8) is 0 Å². The van der Waals surface area contributed by atoms with Crippen molar-refractivity contribution in [3.8, 4) is 11.8 Å². The van der Waals surface area contributed by atoms with E-state index < -0.39 is 0 Å². The van der Waals surface area contributed by atoms with Crippen LogP contribution in [-0.4, -0.2) is 35.7 Å². The van der Waals surface area contributed by atoms with E-state index in [0.717, 1.165) is 25.9 Å². The Morgan fingerprint density at radius 2 is 2.16 bits per heavy atom. The molecule has 0 aliphatic carbocycles. The molecule has 0 atom stereocenters. The van der Waals surface area contributed by atoms with Crippen molar-refractivity contribution in [1.29, 1.82) is 0 Å². The molecule has 4 nitrogen and oxygen atoms in total. The molecule has 1 aliphatic rings. The first-order valence-electron chi connectivity index (χ1n) is 6.16. The lowest BCUT2D eigenvalue weighted by atomic mass is 10.2. The zero-order valence-electron chi connectivity index (χ0n) is 10.4. The zero-order valence-corrected chi connectivity index (χ0v) is 11.2. The van der Waals surface area contributed by atoms with Gasteiger partial charge in [-0.25, -0.2) is 4.79 Å². The summed E-state index contributed by atoms with van der Waals surface area (Å²) >= 11 is 5.91. The van der Waals surface area contributed by atoms with Crippen LogP contribution in [-0.2, 0) is 0 Å². The van der Waals surface area contributed by atoms with E-state index in [0.29, 0.717) is 16.3 Å². The second-order valence-corrected chi connectivity index (χ2v) is 4.71. The van der Waals surface area contributed by atoms with Gasteiger partial charge in [0.2, 0.25) is 0 Å². The van der Waals surface area contributed by atoms with Crippen LogP contribution in [0.2, 0.25) is 5.02 Å². The Morgan fingerprint density at radius 1 is 1.42 bits per heavy atom. The van der Waals surface area contributed by atoms with Gasteiger partial charge >= 0.3 is 6.03 Å². The molecule has 1 aromatic carbocycles. The largest absolute Gasteiger partial charge is 0.384 e. The Balaban J connectivity index is 2.16. The maximum atomic E-state index is 12.0. The summed E-state index contributed by atoms with van der Waals surface area (Å²) in [6, 6.07) is 4.97. The Hall–Kier alpha value is -1.70. The number of benzene rings is 1. The van der Waals surface area contributed by atoms with E-state index in [9.17, 15) is 4.79 Å². The summed E-state index contributed by atoms with van der Waals surface area (Å²) < 4.78 is 0. The van der Waals surface area contributed by atoms with E-state index in [1.54, 1.807) is 23.1 Å². The van der Waals surface area contributed by atoms with Crippen molar-refractivity contribution in [1.82, 2.24) is 4.90 Å². The molecule has 1 aromatic rings. The van der Waals surface area contributed by atoms with Gasteiger partial charge in [-0.3, -0.25) is 0 Å². The Labute approximate surface area is 117 Å². The fraction of sp³-hybridized carbons (Fsp3) is 0.357. The Morgan fingerprint density at radius 3 is 2.84 bits per heavy atom. The molecule has 1 heterocycles. The van der Waals surface area contributed by atoms with E-state index in [1.165, 1.54) is 0 Å². The van der Waals surface area contributed by atoms with Crippen LogP contribution in [0.25, 0.3) is 0 Å². The highest BCUT2D eigenvalue weighted by Crippen LogP contribution is 2.21. The number of amides is 2. The monoisotopic (exact) mass is 278 g/mol. The quantitative estimate of drug-likeness (QED) is 0.775. The van der Waals surface area contributed by atoms with Gasteiger partial charge in [0.05, 0.1) is 5.69 Å². The molecular formula is C14H15ClN2O2. The molecule has 5 heteroatoms. The van der Waals surface area contributed by atoms with Crippen molar-refractivity contribution in [2.45, 2.75) is 12.8 Å². The molecule has 19 heavy (non-hydrogen) atoms. The van der Waals surface area contributed by atoms with Crippen LogP contribution in [0.3, 0.4) is 0 Å². The molecule has 1 aliphatic heterocycles. The number of nitrogens with one attached hydrogen (secondary N) is 1. The molecule has 1 saturated heterocycles. The second-order valence-electron chi connectivity index (χ2n) is 4.27. The minimum atomic E-state index is -0.230. The highest BCUT2D eigenvalue weighted by Gasteiger charge is 2.18. The predicted octanol–water partition coefficient (Wildman–Crippen LogP) is 2.31. The number of anilines is 1. The molecule has 0 spiro atoms. The second kappa shape index (κ2) is 6.46. The molecule has 0 bridgehead atoms. The Bertz CT molecular complexity index is 528. The summed E-state index contributed by atoms with van der Waals surface area (Å²) in [4.78, 5) is 13.8. The molecule has 0 radical (unpaired) electrons. The maximum absolute atomic E-state index is 12.0. The Kier molecular flexibility index (Phi) is 4.67. The van der Waals surface area contributed by atoms with Crippen molar-refractivity contribution in [3.05, 3.63) is 28.8 Å². The van der Waals surface area contributed by atoms with Gasteiger partial charge in [0.15, 0.2) is 0 Å². The third-order valence-electron chi connectivity index (χ3n) is 2.92. The average molecular weight is 279 g/mol. The summed E-state index contributed by atoms with van der Waals surface area (Å²) in [6.45, 7) is 1.35. The number of likely N-dealkylation sites (tertiary alicyclic amines) is 1. The van der Waals surface area contributed by atoms with Crippen molar-refractivity contribution >= 4 is 23.3 Å². The molecule has 2 amide bonds. The molecule has 2 rings (SSSR count). The van der Waals surface area contributed by atoms with Crippen LogP contribution in [0.4, 0.5) is 10.5 Å². The van der Waals surface area contributed by atoms with E-state index in [-0.39, 0.29) is 12.6 Å². The lowest BCUT2D eigenvalue weighted by molar-refractivity contribution is 0.222. The number of hydrogen-bond acceptors (Lipinski definition) is 2. The van der Waals surface area contributed by atoms with Crippen LogP contribution < -0.4 is 5.32 Å². The van der Waals surface area contributed by atoms with Crippen LogP contribution in [0.5, 0.6) is 0 Å². The fourth-order valence-corrected chi connectivity index (χ4v) is 2.15. The number of carbonyl (C=O) groups is 1. The normalized spacial score (nSPS) is 13.9. The topological polar surface area (TPSA) is 52.6 Å². The van der Waals surface area contributed by atoms with Gasteiger partial charge in [0, 0.05) is 23.7 Å². The molecule has 1 fully saturated rings. The lowest BCUT2D eigenvalue weighted by Crippen LogP contribution is -2.32. The summed E-state index contributed by atoms with van der Waals surface area (Å²) in [7, 11) is 0. The number of halogens is 1. The highest BCUT2D eigenvalue weighted by atomic mass is 35.5. The van der Waals surface area contributed by atoms with Crippen molar-refractivity contribution in [2.24, 2.45) is 0 Å². The summed E-state index contributed by atoms with van der Waals surface area (Å²) in [5.41, 5.74) is 1.22. The van der Waals surface area contributed by atoms with E-state index >= 15 is 0 Å². The van der Waals surface area contributed by atoms with Crippen LogP contribution in [0.1, 0.15) is 18.4 Å². The number of hydrogen-bond donors (Lipinski definition) is 2. The zero-order chi connectivity index (χ0) is 13.7. The first kappa shape index (κ1) is 13.7. The summed E-state index contributed by atoms with van der Waals surface area (Å²) in [6.07, 6.45) is 2.09. The first-order valence-corrected chi connectivity index (χ1v) is 6.53. The number of carbonyl (C=O) groups excluding carboxylic acids is 1. The number of nitrogens with zero attached hydrogens (tertiary/aromatic N) is 1. The van der Waals surface area contributed by atoms with E-state index in [2.05, 4.69) is 17.2 Å².